The zero-order chi connectivity index (χ0) is 13.3. The van der Waals surface area contributed by atoms with E-state index in [0.29, 0.717) is 11.8 Å². The molecule has 0 saturated heterocycles. The van der Waals surface area contributed by atoms with E-state index in [2.05, 4.69) is 65.0 Å². The minimum Gasteiger partial charge on any atom is -0.0651 e. The van der Waals surface area contributed by atoms with E-state index in [1.165, 1.54) is 5.56 Å². The Balaban J connectivity index is 2.53. The summed E-state index contributed by atoms with van der Waals surface area (Å²) in [5.41, 5.74) is 7.70. The molecular weight excluding hydrogens is 216 g/mol. The van der Waals surface area contributed by atoms with Crippen LogP contribution >= 0.6 is 0 Å². The van der Waals surface area contributed by atoms with E-state index in [4.69, 9.17) is 0 Å². The monoisotopic (exact) mass is 240 g/mol. The molecule has 0 aromatic heterocycles. The number of hydrogen-bond donors (Lipinski definition) is 0. The number of hydrogen-bond acceptors (Lipinski definition) is 0. The second-order valence-corrected chi connectivity index (χ2v) is 5.94. The molecule has 1 aliphatic rings. The van der Waals surface area contributed by atoms with E-state index >= 15 is 0 Å². The van der Waals surface area contributed by atoms with Crippen LogP contribution in [0.2, 0.25) is 0 Å². The molecule has 0 bridgehead atoms. The zero-order valence-electron chi connectivity index (χ0n) is 12.2. The Hall–Kier alpha value is -1.30. The van der Waals surface area contributed by atoms with Crippen molar-refractivity contribution in [1.29, 1.82) is 0 Å². The fourth-order valence-corrected chi connectivity index (χ4v) is 3.21. The lowest BCUT2D eigenvalue weighted by atomic mass is 9.86. The molecule has 0 radical (unpaired) electrons. The largest absolute Gasteiger partial charge is 0.0651 e. The Labute approximate surface area is 111 Å². The topological polar surface area (TPSA) is 0 Å². The predicted molar refractivity (Wildman–Crippen MR) is 80.4 cm³/mol. The van der Waals surface area contributed by atoms with Gasteiger partial charge in [-0.1, -0.05) is 63.6 Å². The maximum atomic E-state index is 2.32. The molecule has 0 N–H and O–H groups in total. The average Bonchev–Trinajstić information content (AvgIpc) is 2.68. The maximum absolute atomic E-state index is 2.32. The molecule has 18 heavy (non-hydrogen) atoms. The van der Waals surface area contributed by atoms with E-state index in [0.717, 1.165) is 6.42 Å². The molecule has 1 aliphatic carbocycles. The smallest absolute Gasteiger partial charge is 0.00550 e. The van der Waals surface area contributed by atoms with Crippen molar-refractivity contribution < 1.29 is 0 Å². The standard InChI is InChI=1S/C18H24/c1-12(2)17-14(5)11-16(18(17)13(3)4)15-9-7-6-8-10-15/h6-10,12-13H,11H2,1-5H3. The molecule has 0 heterocycles. The van der Waals surface area contributed by atoms with Crippen molar-refractivity contribution in [2.45, 2.75) is 41.0 Å². The van der Waals surface area contributed by atoms with Crippen LogP contribution in [0.5, 0.6) is 0 Å². The molecular formula is C18H24. The van der Waals surface area contributed by atoms with Gasteiger partial charge >= 0.3 is 0 Å². The van der Waals surface area contributed by atoms with Crippen molar-refractivity contribution in [2.75, 3.05) is 0 Å². The van der Waals surface area contributed by atoms with Gasteiger partial charge in [-0.3, -0.25) is 0 Å². The SMILES string of the molecule is CC1=C(C(C)C)C(C(C)C)=C(c2ccccc2)C1. The van der Waals surface area contributed by atoms with Crippen LogP contribution < -0.4 is 0 Å². The Morgan fingerprint density at radius 3 is 1.89 bits per heavy atom. The lowest BCUT2D eigenvalue weighted by molar-refractivity contribution is 0.704. The summed E-state index contributed by atoms with van der Waals surface area (Å²) in [5.74, 6) is 1.23. The van der Waals surface area contributed by atoms with Gasteiger partial charge in [0.2, 0.25) is 0 Å². The summed E-state index contributed by atoms with van der Waals surface area (Å²) in [6.07, 6.45) is 1.13. The normalized spacial score (nSPS) is 16.4. The van der Waals surface area contributed by atoms with Gasteiger partial charge in [0.1, 0.15) is 0 Å². The summed E-state index contributed by atoms with van der Waals surface area (Å²) in [6.45, 7) is 11.6. The second-order valence-electron chi connectivity index (χ2n) is 5.94. The molecule has 0 unspecified atom stereocenters. The molecule has 0 amide bonds. The van der Waals surface area contributed by atoms with Crippen molar-refractivity contribution in [3.8, 4) is 0 Å². The van der Waals surface area contributed by atoms with Gasteiger partial charge in [0.05, 0.1) is 0 Å². The Kier molecular flexibility index (Phi) is 3.75. The maximum Gasteiger partial charge on any atom is -0.00550 e. The van der Waals surface area contributed by atoms with Crippen LogP contribution in [0.25, 0.3) is 5.57 Å². The van der Waals surface area contributed by atoms with Crippen LogP contribution in [0.3, 0.4) is 0 Å². The summed E-state index contributed by atoms with van der Waals surface area (Å²) < 4.78 is 0. The lowest BCUT2D eigenvalue weighted by Crippen LogP contribution is -2.04. The highest BCUT2D eigenvalue weighted by Gasteiger charge is 2.26. The van der Waals surface area contributed by atoms with Crippen molar-refractivity contribution in [2.24, 2.45) is 11.8 Å². The highest BCUT2D eigenvalue weighted by Crippen LogP contribution is 2.44. The molecule has 1 aromatic carbocycles. The summed E-state index contributed by atoms with van der Waals surface area (Å²) in [6, 6.07) is 10.9. The van der Waals surface area contributed by atoms with Crippen LogP contribution in [0, 0.1) is 11.8 Å². The molecule has 0 atom stereocenters. The van der Waals surface area contributed by atoms with Crippen LogP contribution in [0.15, 0.2) is 47.1 Å². The minimum absolute atomic E-state index is 0.607. The minimum atomic E-state index is 0.607. The van der Waals surface area contributed by atoms with Gasteiger partial charge in [0.25, 0.3) is 0 Å². The predicted octanol–water partition coefficient (Wildman–Crippen LogP) is 5.47. The second kappa shape index (κ2) is 5.14. The van der Waals surface area contributed by atoms with Crippen molar-refractivity contribution in [3.05, 3.63) is 52.6 Å². The van der Waals surface area contributed by atoms with E-state index in [-0.39, 0.29) is 0 Å². The van der Waals surface area contributed by atoms with Crippen molar-refractivity contribution in [1.82, 2.24) is 0 Å². The third-order valence-electron chi connectivity index (χ3n) is 3.79. The van der Waals surface area contributed by atoms with Crippen molar-refractivity contribution in [3.63, 3.8) is 0 Å². The fourth-order valence-electron chi connectivity index (χ4n) is 3.21. The first kappa shape index (κ1) is 13.1. The third-order valence-corrected chi connectivity index (χ3v) is 3.79. The van der Waals surface area contributed by atoms with Crippen LogP contribution in [0.4, 0.5) is 0 Å². The van der Waals surface area contributed by atoms with Gasteiger partial charge < -0.3 is 0 Å². The molecule has 0 nitrogen and oxygen atoms in total. The number of benzene rings is 1. The van der Waals surface area contributed by atoms with E-state index in [1.54, 1.807) is 22.3 Å². The summed E-state index contributed by atoms with van der Waals surface area (Å²) >= 11 is 0. The van der Waals surface area contributed by atoms with Gasteiger partial charge in [-0.15, -0.1) is 0 Å². The fraction of sp³-hybridized carbons (Fsp3) is 0.444. The molecule has 0 heteroatoms. The Bertz CT molecular complexity index is 484. The highest BCUT2D eigenvalue weighted by atomic mass is 14.3. The molecule has 0 saturated carbocycles. The number of allylic oxidation sites excluding steroid dienone is 4. The van der Waals surface area contributed by atoms with Crippen LogP contribution in [-0.4, -0.2) is 0 Å². The summed E-state index contributed by atoms with van der Waals surface area (Å²) in [5, 5.41) is 0. The van der Waals surface area contributed by atoms with Gasteiger partial charge in [0.15, 0.2) is 0 Å². The average molecular weight is 240 g/mol. The first-order valence-electron chi connectivity index (χ1n) is 7.00. The van der Waals surface area contributed by atoms with E-state index < -0.39 is 0 Å². The van der Waals surface area contributed by atoms with E-state index in [9.17, 15) is 0 Å². The first-order chi connectivity index (χ1) is 8.52. The quantitative estimate of drug-likeness (QED) is 0.657. The van der Waals surface area contributed by atoms with Crippen LogP contribution in [0.1, 0.15) is 46.6 Å². The molecule has 0 spiro atoms. The number of rotatable bonds is 3. The Morgan fingerprint density at radius 2 is 1.39 bits per heavy atom. The van der Waals surface area contributed by atoms with Crippen LogP contribution in [-0.2, 0) is 0 Å². The first-order valence-corrected chi connectivity index (χ1v) is 7.00. The molecule has 0 fully saturated rings. The molecule has 0 aliphatic heterocycles. The van der Waals surface area contributed by atoms with Gasteiger partial charge in [0, 0.05) is 0 Å². The third kappa shape index (κ3) is 2.29. The van der Waals surface area contributed by atoms with Gasteiger partial charge in [-0.2, -0.15) is 0 Å². The van der Waals surface area contributed by atoms with Crippen molar-refractivity contribution >= 4 is 5.57 Å². The zero-order valence-corrected chi connectivity index (χ0v) is 12.2. The molecule has 96 valence electrons. The highest BCUT2D eigenvalue weighted by molar-refractivity contribution is 5.79. The molecule has 1 aromatic rings. The lowest BCUT2D eigenvalue weighted by Gasteiger charge is -2.19. The van der Waals surface area contributed by atoms with Gasteiger partial charge in [-0.25, -0.2) is 0 Å². The van der Waals surface area contributed by atoms with E-state index in [1.807, 2.05) is 0 Å². The Morgan fingerprint density at radius 1 is 0.833 bits per heavy atom. The summed E-state index contributed by atoms with van der Waals surface area (Å²) in [7, 11) is 0. The molecule has 2 rings (SSSR count). The summed E-state index contributed by atoms with van der Waals surface area (Å²) in [4.78, 5) is 0. The van der Waals surface area contributed by atoms with Gasteiger partial charge in [-0.05, 0) is 47.5 Å².